The lowest BCUT2D eigenvalue weighted by Gasteiger charge is -2.20. The zero-order chi connectivity index (χ0) is 10.6. The van der Waals surface area contributed by atoms with Crippen molar-refractivity contribution in [3.63, 3.8) is 0 Å². The summed E-state index contributed by atoms with van der Waals surface area (Å²) in [5.74, 6) is 4.99. The number of halogens is 1. The first-order valence-electron chi connectivity index (χ1n) is 4.25. The monoisotopic (exact) mass is 196 g/mol. The third kappa shape index (κ3) is 2.12. The fourth-order valence-electron chi connectivity index (χ4n) is 1.17. The second-order valence-corrected chi connectivity index (χ2v) is 2.71. The molecule has 5 heteroatoms. The predicted molar refractivity (Wildman–Crippen MR) is 55.2 cm³/mol. The maximum absolute atomic E-state index is 12.6. The molecule has 4 nitrogen and oxygen atoms in total. The van der Waals surface area contributed by atoms with Gasteiger partial charge in [-0.25, -0.2) is 4.39 Å². The van der Waals surface area contributed by atoms with Gasteiger partial charge in [0.1, 0.15) is 5.82 Å². The van der Waals surface area contributed by atoms with Gasteiger partial charge in [0.15, 0.2) is 0 Å². The number of guanidine groups is 1. The van der Waals surface area contributed by atoms with Crippen molar-refractivity contribution < 1.29 is 4.39 Å². The maximum atomic E-state index is 12.6. The summed E-state index contributed by atoms with van der Waals surface area (Å²) >= 11 is 0. The van der Waals surface area contributed by atoms with Crippen molar-refractivity contribution >= 4 is 11.6 Å². The Hall–Kier alpha value is -1.78. The zero-order valence-electron chi connectivity index (χ0n) is 7.94. The van der Waals surface area contributed by atoms with Crippen LogP contribution in [0.2, 0.25) is 0 Å². The molecule has 0 atom stereocenters. The highest BCUT2D eigenvalue weighted by Gasteiger charge is 2.07. The summed E-state index contributed by atoms with van der Waals surface area (Å²) < 4.78 is 12.6. The van der Waals surface area contributed by atoms with Crippen molar-refractivity contribution in [3.05, 3.63) is 30.1 Å². The van der Waals surface area contributed by atoms with E-state index in [1.807, 2.05) is 6.92 Å². The lowest BCUT2D eigenvalue weighted by atomic mass is 10.3. The van der Waals surface area contributed by atoms with Crippen LogP contribution in [0.5, 0.6) is 0 Å². The summed E-state index contributed by atoms with van der Waals surface area (Å²) in [5.41, 5.74) is 6.32. The Morgan fingerprint density at radius 3 is 2.43 bits per heavy atom. The first-order valence-corrected chi connectivity index (χ1v) is 4.25. The SMILES string of the molecule is CCN(/C(N)=N/N)c1ccc(F)cc1. The van der Waals surface area contributed by atoms with Crippen molar-refractivity contribution in [2.24, 2.45) is 16.7 Å². The molecule has 0 spiro atoms. The topological polar surface area (TPSA) is 67.6 Å². The van der Waals surface area contributed by atoms with E-state index in [0.29, 0.717) is 6.54 Å². The third-order valence-corrected chi connectivity index (χ3v) is 1.86. The Labute approximate surface area is 82.0 Å². The quantitative estimate of drug-likeness (QED) is 0.319. The number of benzene rings is 1. The van der Waals surface area contributed by atoms with Crippen LogP contribution in [0.4, 0.5) is 10.1 Å². The Bertz CT molecular complexity index is 320. The molecule has 0 amide bonds. The van der Waals surface area contributed by atoms with E-state index in [-0.39, 0.29) is 11.8 Å². The number of hydrogen-bond acceptors (Lipinski definition) is 2. The van der Waals surface area contributed by atoms with Gasteiger partial charge in [-0.05, 0) is 31.2 Å². The average Bonchev–Trinajstić information content (AvgIpc) is 2.21. The van der Waals surface area contributed by atoms with Crippen LogP contribution >= 0.6 is 0 Å². The predicted octanol–water partition coefficient (Wildman–Crippen LogP) is 0.840. The smallest absolute Gasteiger partial charge is 0.217 e. The third-order valence-electron chi connectivity index (χ3n) is 1.86. The van der Waals surface area contributed by atoms with Crippen LogP contribution in [-0.2, 0) is 0 Å². The van der Waals surface area contributed by atoms with Crippen molar-refractivity contribution in [2.45, 2.75) is 6.92 Å². The maximum Gasteiger partial charge on any atom is 0.217 e. The Morgan fingerprint density at radius 1 is 1.43 bits per heavy atom. The molecule has 0 aliphatic heterocycles. The average molecular weight is 196 g/mol. The minimum Gasteiger partial charge on any atom is -0.368 e. The van der Waals surface area contributed by atoms with Gasteiger partial charge in [0.25, 0.3) is 0 Å². The van der Waals surface area contributed by atoms with Gasteiger partial charge in [0.2, 0.25) is 5.96 Å². The molecule has 0 unspecified atom stereocenters. The van der Waals surface area contributed by atoms with Crippen molar-refractivity contribution in [2.75, 3.05) is 11.4 Å². The van der Waals surface area contributed by atoms with Crippen LogP contribution in [-0.4, -0.2) is 12.5 Å². The summed E-state index contributed by atoms with van der Waals surface area (Å²) in [5, 5.41) is 3.39. The molecule has 0 radical (unpaired) electrons. The molecule has 0 aromatic heterocycles. The number of anilines is 1. The summed E-state index contributed by atoms with van der Waals surface area (Å²) in [4.78, 5) is 1.68. The van der Waals surface area contributed by atoms with Crippen molar-refractivity contribution in [1.82, 2.24) is 0 Å². The standard InChI is InChI=1S/C9H13FN4/c1-2-14(9(11)13-12)8-5-3-7(10)4-6-8/h3-6H,2,12H2,1H3,(H2,11,13). The van der Waals surface area contributed by atoms with Gasteiger partial charge in [-0.3, -0.25) is 0 Å². The molecular formula is C9H13FN4. The van der Waals surface area contributed by atoms with Gasteiger partial charge < -0.3 is 16.5 Å². The van der Waals surface area contributed by atoms with Gasteiger partial charge in [0, 0.05) is 12.2 Å². The molecule has 0 bridgehead atoms. The van der Waals surface area contributed by atoms with Gasteiger partial charge in [-0.15, -0.1) is 5.10 Å². The van der Waals surface area contributed by atoms with E-state index in [1.165, 1.54) is 12.1 Å². The molecule has 0 saturated carbocycles. The normalized spacial score (nSPS) is 11.4. The number of rotatable bonds is 2. The molecule has 1 rings (SSSR count). The van der Waals surface area contributed by atoms with E-state index in [0.717, 1.165) is 5.69 Å². The second-order valence-electron chi connectivity index (χ2n) is 2.71. The Morgan fingerprint density at radius 2 is 2.00 bits per heavy atom. The highest BCUT2D eigenvalue weighted by molar-refractivity contribution is 5.94. The summed E-state index contributed by atoms with van der Waals surface area (Å²) in [6, 6.07) is 5.97. The number of nitrogens with zero attached hydrogens (tertiary/aromatic N) is 2. The van der Waals surface area contributed by atoms with Crippen LogP contribution < -0.4 is 16.5 Å². The number of hydrazone groups is 1. The fraction of sp³-hybridized carbons (Fsp3) is 0.222. The second kappa shape index (κ2) is 4.45. The first kappa shape index (κ1) is 10.3. The van der Waals surface area contributed by atoms with Crippen molar-refractivity contribution in [1.29, 1.82) is 0 Å². The molecule has 0 heterocycles. The number of hydrogen-bond donors (Lipinski definition) is 2. The Kier molecular flexibility index (Phi) is 3.28. The van der Waals surface area contributed by atoms with Gasteiger partial charge >= 0.3 is 0 Å². The molecular weight excluding hydrogens is 183 g/mol. The summed E-state index contributed by atoms with van der Waals surface area (Å²) in [6.07, 6.45) is 0. The molecule has 0 aliphatic rings. The minimum absolute atomic E-state index is 0.208. The molecule has 1 aromatic carbocycles. The summed E-state index contributed by atoms with van der Waals surface area (Å²) in [6.45, 7) is 2.53. The van der Waals surface area contributed by atoms with Crippen LogP contribution in [0, 0.1) is 5.82 Å². The van der Waals surface area contributed by atoms with E-state index in [1.54, 1.807) is 17.0 Å². The molecule has 0 fully saturated rings. The van der Waals surface area contributed by atoms with E-state index >= 15 is 0 Å². The van der Waals surface area contributed by atoms with Crippen LogP contribution in [0.1, 0.15) is 6.92 Å². The van der Waals surface area contributed by atoms with Crippen LogP contribution in [0.25, 0.3) is 0 Å². The van der Waals surface area contributed by atoms with Gasteiger partial charge in [-0.2, -0.15) is 0 Å². The van der Waals surface area contributed by atoms with E-state index in [2.05, 4.69) is 5.10 Å². The van der Waals surface area contributed by atoms with Gasteiger partial charge in [0.05, 0.1) is 0 Å². The van der Waals surface area contributed by atoms with E-state index in [9.17, 15) is 4.39 Å². The van der Waals surface area contributed by atoms with Crippen molar-refractivity contribution in [3.8, 4) is 0 Å². The van der Waals surface area contributed by atoms with Gasteiger partial charge in [-0.1, -0.05) is 0 Å². The fourth-order valence-corrected chi connectivity index (χ4v) is 1.17. The molecule has 0 aliphatic carbocycles. The summed E-state index contributed by atoms with van der Waals surface area (Å²) in [7, 11) is 0. The van der Waals surface area contributed by atoms with E-state index in [4.69, 9.17) is 11.6 Å². The zero-order valence-corrected chi connectivity index (χ0v) is 7.94. The molecule has 76 valence electrons. The first-order chi connectivity index (χ1) is 6.69. The minimum atomic E-state index is -0.284. The Balaban J connectivity index is 2.95. The molecule has 4 N–H and O–H groups in total. The van der Waals surface area contributed by atoms with Crippen LogP contribution in [0.3, 0.4) is 0 Å². The highest BCUT2D eigenvalue weighted by atomic mass is 19.1. The van der Waals surface area contributed by atoms with E-state index < -0.39 is 0 Å². The van der Waals surface area contributed by atoms with Crippen LogP contribution in [0.15, 0.2) is 29.4 Å². The molecule has 14 heavy (non-hydrogen) atoms. The molecule has 1 aromatic rings. The largest absolute Gasteiger partial charge is 0.368 e. The molecule has 0 saturated heterocycles. The lowest BCUT2D eigenvalue weighted by molar-refractivity contribution is 0.628. The highest BCUT2D eigenvalue weighted by Crippen LogP contribution is 2.13. The number of nitrogens with two attached hydrogens (primary N) is 2. The lowest BCUT2D eigenvalue weighted by Crippen LogP contribution is -2.38.